The van der Waals surface area contributed by atoms with Crippen LogP contribution in [0.25, 0.3) is 0 Å². The lowest BCUT2D eigenvalue weighted by Crippen LogP contribution is -2.24. The van der Waals surface area contributed by atoms with Crippen molar-refractivity contribution in [2.75, 3.05) is 18.5 Å². The maximum absolute atomic E-state index is 5.68. The fourth-order valence-electron chi connectivity index (χ4n) is 1.10. The molecule has 0 aliphatic carbocycles. The quantitative estimate of drug-likeness (QED) is 0.618. The monoisotopic (exact) mass is 216 g/mol. The van der Waals surface area contributed by atoms with Crippen molar-refractivity contribution in [3.8, 4) is 0 Å². The van der Waals surface area contributed by atoms with E-state index in [1.54, 1.807) is 12.3 Å². The minimum Gasteiger partial charge on any atom is -0.372 e. The van der Waals surface area contributed by atoms with Crippen LogP contribution in [0.3, 0.4) is 0 Å². The van der Waals surface area contributed by atoms with Crippen LogP contribution in [0.1, 0.15) is 6.92 Å². The van der Waals surface area contributed by atoms with Gasteiger partial charge in [-0.1, -0.05) is 18.5 Å². The fourth-order valence-corrected chi connectivity index (χ4v) is 1.45. The van der Waals surface area contributed by atoms with Crippen LogP contribution in [0.5, 0.6) is 0 Å². The Balaban J connectivity index is 2.66. The Bertz CT molecular complexity index is 261. The second-order valence-electron chi connectivity index (χ2n) is 3.07. The predicted octanol–water partition coefficient (Wildman–Crippen LogP) is 2.49. The zero-order valence-corrected chi connectivity index (χ0v) is 9.39. The zero-order valence-electron chi connectivity index (χ0n) is 7.74. The molecule has 0 N–H and O–H groups in total. The van der Waals surface area contributed by atoms with E-state index in [1.165, 1.54) is 0 Å². The summed E-state index contributed by atoms with van der Waals surface area (Å²) in [6.07, 6.45) is 1.76. The summed E-state index contributed by atoms with van der Waals surface area (Å²) in [5, 5.41) is 0.872. The molecule has 0 aliphatic rings. The van der Waals surface area contributed by atoms with E-state index >= 15 is 0 Å². The number of aromatic nitrogens is 1. The average Bonchev–Trinajstić information content (AvgIpc) is 2.04. The van der Waals surface area contributed by atoms with Crippen LogP contribution in [0.2, 0.25) is 5.15 Å². The molecule has 72 valence electrons. The Labute approximate surface area is 89.3 Å². The van der Waals surface area contributed by atoms with Crippen molar-refractivity contribution >= 4 is 29.9 Å². The smallest absolute Gasteiger partial charge is 0.129 e. The predicted molar refractivity (Wildman–Crippen MR) is 61.0 cm³/mol. The Morgan fingerprint density at radius 1 is 1.62 bits per heavy atom. The Kier molecular flexibility index (Phi) is 3.88. The Hall–Kier alpha value is -0.410. The first-order valence-electron chi connectivity index (χ1n) is 4.10. The third-order valence-corrected chi connectivity index (χ3v) is 2.08. The Morgan fingerprint density at radius 2 is 2.31 bits per heavy atom. The van der Waals surface area contributed by atoms with Crippen molar-refractivity contribution in [1.82, 2.24) is 4.98 Å². The van der Waals surface area contributed by atoms with Crippen LogP contribution in [0.4, 0.5) is 5.69 Å². The Morgan fingerprint density at radius 3 is 2.77 bits per heavy atom. The molecule has 0 fully saturated rings. The van der Waals surface area contributed by atoms with E-state index in [9.17, 15) is 0 Å². The van der Waals surface area contributed by atoms with E-state index in [0.717, 1.165) is 12.2 Å². The van der Waals surface area contributed by atoms with Crippen molar-refractivity contribution in [1.29, 1.82) is 0 Å². The number of nitrogens with zero attached hydrogens (tertiary/aromatic N) is 2. The zero-order chi connectivity index (χ0) is 9.84. The van der Waals surface area contributed by atoms with Gasteiger partial charge in [0.15, 0.2) is 0 Å². The first-order chi connectivity index (χ1) is 6.09. The lowest BCUT2D eigenvalue weighted by atomic mass is 10.3. The van der Waals surface area contributed by atoms with Gasteiger partial charge in [-0.05, 0) is 12.1 Å². The summed E-state index contributed by atoms with van der Waals surface area (Å²) in [7, 11) is 2.01. The minimum absolute atomic E-state index is 0.348. The highest BCUT2D eigenvalue weighted by atomic mass is 35.5. The van der Waals surface area contributed by atoms with Gasteiger partial charge < -0.3 is 4.90 Å². The molecule has 1 aromatic heterocycles. The third-order valence-electron chi connectivity index (χ3n) is 1.69. The molecule has 1 aromatic rings. The second kappa shape index (κ2) is 4.72. The van der Waals surface area contributed by atoms with Gasteiger partial charge in [-0.3, -0.25) is 0 Å². The molecule has 0 aliphatic heterocycles. The highest BCUT2D eigenvalue weighted by molar-refractivity contribution is 7.80. The molecule has 0 radical (unpaired) electrons. The molecule has 0 saturated heterocycles. The van der Waals surface area contributed by atoms with Crippen LogP contribution < -0.4 is 4.90 Å². The topological polar surface area (TPSA) is 16.1 Å². The summed E-state index contributed by atoms with van der Waals surface area (Å²) in [6, 6.07) is 3.74. The molecule has 1 atom stereocenters. The molecule has 13 heavy (non-hydrogen) atoms. The van der Waals surface area contributed by atoms with Crippen LogP contribution in [0.15, 0.2) is 18.3 Å². The van der Waals surface area contributed by atoms with Gasteiger partial charge in [-0.2, -0.15) is 12.6 Å². The number of hydrogen-bond donors (Lipinski definition) is 1. The van der Waals surface area contributed by atoms with Gasteiger partial charge >= 0.3 is 0 Å². The van der Waals surface area contributed by atoms with Crippen molar-refractivity contribution in [3.63, 3.8) is 0 Å². The highest BCUT2D eigenvalue weighted by Crippen LogP contribution is 2.14. The van der Waals surface area contributed by atoms with Crippen molar-refractivity contribution in [2.45, 2.75) is 12.2 Å². The number of thiol groups is 1. The molecule has 0 bridgehead atoms. The summed E-state index contributed by atoms with van der Waals surface area (Å²) in [4.78, 5) is 6.10. The van der Waals surface area contributed by atoms with E-state index in [1.807, 2.05) is 13.1 Å². The summed E-state index contributed by atoms with van der Waals surface area (Å²) in [6.45, 7) is 2.95. The van der Waals surface area contributed by atoms with Crippen LogP contribution in [-0.4, -0.2) is 23.8 Å². The fraction of sp³-hybridized carbons (Fsp3) is 0.444. The van der Waals surface area contributed by atoms with Crippen LogP contribution in [-0.2, 0) is 0 Å². The van der Waals surface area contributed by atoms with Gasteiger partial charge in [0.05, 0.1) is 11.9 Å². The number of rotatable bonds is 3. The normalized spacial score (nSPS) is 12.6. The van der Waals surface area contributed by atoms with Gasteiger partial charge in [0.1, 0.15) is 5.15 Å². The first kappa shape index (κ1) is 10.7. The maximum atomic E-state index is 5.68. The molecule has 0 aromatic carbocycles. The van der Waals surface area contributed by atoms with E-state index in [4.69, 9.17) is 11.6 Å². The molecule has 1 unspecified atom stereocenters. The van der Waals surface area contributed by atoms with Gasteiger partial charge in [0.25, 0.3) is 0 Å². The molecule has 1 rings (SSSR count). The lowest BCUT2D eigenvalue weighted by Gasteiger charge is -2.20. The lowest BCUT2D eigenvalue weighted by molar-refractivity contribution is 0.869. The molecule has 1 heterocycles. The summed E-state index contributed by atoms with van der Waals surface area (Å²) in [5.41, 5.74) is 1.06. The van der Waals surface area contributed by atoms with E-state index in [2.05, 4.69) is 29.4 Å². The first-order valence-corrected chi connectivity index (χ1v) is 5.00. The number of hydrogen-bond acceptors (Lipinski definition) is 3. The van der Waals surface area contributed by atoms with Crippen molar-refractivity contribution in [3.05, 3.63) is 23.5 Å². The van der Waals surface area contributed by atoms with Crippen LogP contribution in [0, 0.1) is 0 Å². The number of anilines is 1. The molecular formula is C9H13ClN2S. The maximum Gasteiger partial charge on any atom is 0.129 e. The van der Waals surface area contributed by atoms with Crippen molar-refractivity contribution < 1.29 is 0 Å². The molecule has 0 amide bonds. The number of pyridine rings is 1. The van der Waals surface area contributed by atoms with E-state index < -0.39 is 0 Å². The van der Waals surface area contributed by atoms with Gasteiger partial charge in [0, 0.05) is 18.8 Å². The molecule has 0 saturated carbocycles. The standard InChI is InChI=1S/C9H13ClN2S/c1-7(13)6-12(2)8-3-4-9(10)11-5-8/h3-5,7,13H,6H2,1-2H3. The summed E-state index contributed by atoms with van der Waals surface area (Å²) < 4.78 is 0. The summed E-state index contributed by atoms with van der Waals surface area (Å²) in [5.74, 6) is 0. The highest BCUT2D eigenvalue weighted by Gasteiger charge is 2.03. The average molecular weight is 217 g/mol. The third kappa shape index (κ3) is 3.44. The number of halogens is 1. The van der Waals surface area contributed by atoms with Gasteiger partial charge in [0.2, 0.25) is 0 Å². The van der Waals surface area contributed by atoms with Crippen LogP contribution >= 0.6 is 24.2 Å². The van der Waals surface area contributed by atoms with E-state index in [-0.39, 0.29) is 0 Å². The molecule has 0 spiro atoms. The van der Waals surface area contributed by atoms with Gasteiger partial charge in [-0.25, -0.2) is 4.98 Å². The largest absolute Gasteiger partial charge is 0.372 e. The second-order valence-corrected chi connectivity index (χ2v) is 4.34. The van der Waals surface area contributed by atoms with Gasteiger partial charge in [-0.15, -0.1) is 0 Å². The van der Waals surface area contributed by atoms with Crippen molar-refractivity contribution in [2.24, 2.45) is 0 Å². The molecule has 4 heteroatoms. The molecule has 2 nitrogen and oxygen atoms in total. The van der Waals surface area contributed by atoms with E-state index in [0.29, 0.717) is 10.4 Å². The SMILES string of the molecule is CC(S)CN(C)c1ccc(Cl)nc1. The minimum atomic E-state index is 0.348. The molecular weight excluding hydrogens is 204 g/mol. The summed E-state index contributed by atoms with van der Waals surface area (Å²) >= 11 is 10.00.